The van der Waals surface area contributed by atoms with Gasteiger partial charge in [0.2, 0.25) is 0 Å². The van der Waals surface area contributed by atoms with Gasteiger partial charge < -0.3 is 5.32 Å². The summed E-state index contributed by atoms with van der Waals surface area (Å²) >= 11 is 3.04. The third-order valence-corrected chi connectivity index (χ3v) is 1.72. The van der Waals surface area contributed by atoms with Crippen LogP contribution in [0.4, 0.5) is 0 Å². The van der Waals surface area contributed by atoms with Gasteiger partial charge in [-0.1, -0.05) is 0 Å². The molecular formula is C5H4BrN5O. The van der Waals surface area contributed by atoms with Crippen molar-refractivity contribution in [2.24, 2.45) is 20.7 Å². The van der Waals surface area contributed by atoms with Crippen LogP contribution in [0.2, 0.25) is 0 Å². The van der Waals surface area contributed by atoms with Crippen LogP contribution in [0.25, 0.3) is 0 Å². The van der Waals surface area contributed by atoms with Gasteiger partial charge in [0.15, 0.2) is 22.6 Å². The van der Waals surface area contributed by atoms with Crippen molar-refractivity contribution in [3.05, 3.63) is 0 Å². The molecule has 0 spiro atoms. The molecule has 0 unspecified atom stereocenters. The topological polar surface area (TPSA) is 92.2 Å². The third-order valence-electron chi connectivity index (χ3n) is 1.37. The molecule has 3 N–H and O–H groups in total. The molecular weight excluding hydrogens is 226 g/mol. The number of halogens is 1. The van der Waals surface area contributed by atoms with Crippen molar-refractivity contribution in [1.82, 2.24) is 5.32 Å². The molecule has 2 aliphatic rings. The van der Waals surface area contributed by atoms with Crippen LogP contribution in [0.3, 0.4) is 0 Å². The Balaban J connectivity index is 2.46. The van der Waals surface area contributed by atoms with Crippen LogP contribution in [-0.4, -0.2) is 28.5 Å². The number of hydrogen-bond donors (Lipinski definition) is 2. The maximum atomic E-state index is 11.1. The molecule has 0 bridgehead atoms. The van der Waals surface area contributed by atoms with Crippen molar-refractivity contribution < 1.29 is 4.79 Å². The largest absolute Gasteiger partial charge is 0.316 e. The first-order valence-electron chi connectivity index (χ1n) is 3.14. The standard InChI is InChI=1S/C5H4BrN5O/c6-4-8-1-2(9-4)10-5(7)11-3(1)12/h5H,7H2,(H,11,12)/t5-/m0/s1. The van der Waals surface area contributed by atoms with E-state index in [2.05, 4.69) is 36.2 Å². The van der Waals surface area contributed by atoms with Crippen molar-refractivity contribution in [2.75, 3.05) is 0 Å². The van der Waals surface area contributed by atoms with Crippen molar-refractivity contribution in [3.8, 4) is 0 Å². The van der Waals surface area contributed by atoms with Crippen LogP contribution in [0.1, 0.15) is 0 Å². The molecule has 0 aromatic heterocycles. The average Bonchev–Trinajstić information content (AvgIpc) is 2.29. The van der Waals surface area contributed by atoms with Crippen LogP contribution in [0.15, 0.2) is 15.0 Å². The summed E-state index contributed by atoms with van der Waals surface area (Å²) in [6, 6.07) is 0. The Morgan fingerprint density at radius 2 is 2.25 bits per heavy atom. The second-order valence-corrected chi connectivity index (χ2v) is 2.92. The molecule has 6 nitrogen and oxygen atoms in total. The van der Waals surface area contributed by atoms with E-state index in [4.69, 9.17) is 5.73 Å². The van der Waals surface area contributed by atoms with Gasteiger partial charge in [-0.15, -0.1) is 0 Å². The summed E-state index contributed by atoms with van der Waals surface area (Å²) in [5, 5.41) is 2.40. The van der Waals surface area contributed by atoms with Gasteiger partial charge in [-0.05, 0) is 15.9 Å². The van der Waals surface area contributed by atoms with E-state index in [1.54, 1.807) is 0 Å². The van der Waals surface area contributed by atoms with E-state index in [1.807, 2.05) is 0 Å². The number of hydrogen-bond acceptors (Lipinski definition) is 5. The highest BCUT2D eigenvalue weighted by Crippen LogP contribution is 2.08. The van der Waals surface area contributed by atoms with E-state index < -0.39 is 6.29 Å². The number of rotatable bonds is 0. The first kappa shape index (κ1) is 7.56. The Morgan fingerprint density at radius 1 is 1.50 bits per heavy atom. The minimum atomic E-state index is -0.714. The number of nitrogens with one attached hydrogen (secondary N) is 1. The van der Waals surface area contributed by atoms with Gasteiger partial charge in [-0.25, -0.2) is 15.0 Å². The van der Waals surface area contributed by atoms with E-state index >= 15 is 0 Å². The molecule has 7 heteroatoms. The van der Waals surface area contributed by atoms with Gasteiger partial charge in [0.25, 0.3) is 5.91 Å². The second kappa shape index (κ2) is 2.46. The van der Waals surface area contributed by atoms with Gasteiger partial charge >= 0.3 is 0 Å². The molecule has 62 valence electrons. The highest BCUT2D eigenvalue weighted by Gasteiger charge is 2.29. The Kier molecular flexibility index (Phi) is 1.55. The zero-order chi connectivity index (χ0) is 8.72. The molecule has 2 rings (SSSR count). The van der Waals surface area contributed by atoms with Crippen LogP contribution in [0, 0.1) is 0 Å². The number of amides is 1. The quantitative estimate of drug-likeness (QED) is 0.520. The molecule has 0 saturated carbocycles. The first-order chi connectivity index (χ1) is 5.66. The summed E-state index contributed by atoms with van der Waals surface area (Å²) in [5.74, 6) is -0.0520. The van der Waals surface area contributed by atoms with Crippen LogP contribution in [0.5, 0.6) is 0 Å². The number of amidine groups is 2. The number of carbonyl (C=O) groups excluding carboxylic acids is 1. The van der Waals surface area contributed by atoms with Crippen LogP contribution < -0.4 is 11.1 Å². The lowest BCUT2D eigenvalue weighted by Gasteiger charge is -2.14. The zero-order valence-corrected chi connectivity index (χ0v) is 7.37. The average molecular weight is 230 g/mol. The molecule has 2 heterocycles. The Hall–Kier alpha value is -1.08. The predicted octanol–water partition coefficient (Wildman–Crippen LogP) is -1.04. The summed E-state index contributed by atoms with van der Waals surface area (Å²) in [7, 11) is 0. The lowest BCUT2D eigenvalue weighted by atomic mass is 10.3. The van der Waals surface area contributed by atoms with Crippen molar-refractivity contribution in [1.29, 1.82) is 0 Å². The normalized spacial score (nSPS) is 27.0. The summed E-state index contributed by atoms with van der Waals surface area (Å²) in [5.41, 5.74) is 5.58. The summed E-state index contributed by atoms with van der Waals surface area (Å²) in [6.07, 6.45) is -0.714. The summed E-state index contributed by atoms with van der Waals surface area (Å²) in [6.45, 7) is 0. The Morgan fingerprint density at radius 3 is 3.00 bits per heavy atom. The van der Waals surface area contributed by atoms with Crippen LogP contribution >= 0.6 is 15.9 Å². The fraction of sp³-hybridized carbons (Fsp3) is 0.200. The molecule has 0 fully saturated rings. The summed E-state index contributed by atoms with van der Waals surface area (Å²) in [4.78, 5) is 22.7. The lowest BCUT2D eigenvalue weighted by Crippen LogP contribution is -2.49. The SMILES string of the molecule is N[C@H]1N=C2N=C(Br)N=C2C(=O)N1. The molecule has 0 aromatic carbocycles. The molecule has 2 aliphatic heterocycles. The molecule has 1 amide bonds. The van der Waals surface area contributed by atoms with Crippen molar-refractivity contribution in [2.45, 2.75) is 6.29 Å². The van der Waals surface area contributed by atoms with Gasteiger partial charge in [0, 0.05) is 0 Å². The van der Waals surface area contributed by atoms with E-state index in [0.717, 1.165) is 0 Å². The van der Waals surface area contributed by atoms with Gasteiger partial charge in [-0.3, -0.25) is 10.5 Å². The molecule has 0 radical (unpaired) electrons. The highest BCUT2D eigenvalue weighted by atomic mass is 79.9. The third kappa shape index (κ3) is 1.07. The number of nitrogens with two attached hydrogens (primary N) is 1. The lowest BCUT2D eigenvalue weighted by molar-refractivity contribution is -0.115. The minimum absolute atomic E-state index is 0.212. The fourth-order valence-corrected chi connectivity index (χ4v) is 1.26. The van der Waals surface area contributed by atoms with Crippen molar-refractivity contribution >= 4 is 38.1 Å². The number of carbonyl (C=O) groups is 1. The maximum absolute atomic E-state index is 11.1. The molecule has 0 aliphatic carbocycles. The van der Waals surface area contributed by atoms with Gasteiger partial charge in [-0.2, -0.15) is 0 Å². The molecule has 0 aromatic rings. The van der Waals surface area contributed by atoms with E-state index in [9.17, 15) is 4.79 Å². The Bertz CT molecular complexity index is 344. The van der Waals surface area contributed by atoms with Gasteiger partial charge in [0.1, 0.15) is 0 Å². The smallest absolute Gasteiger partial charge is 0.276 e. The predicted molar refractivity (Wildman–Crippen MR) is 47.4 cm³/mol. The van der Waals surface area contributed by atoms with Gasteiger partial charge in [0.05, 0.1) is 0 Å². The monoisotopic (exact) mass is 229 g/mol. The van der Waals surface area contributed by atoms with E-state index in [-0.39, 0.29) is 17.5 Å². The van der Waals surface area contributed by atoms with E-state index in [0.29, 0.717) is 4.74 Å². The Labute approximate surface area is 75.8 Å². The zero-order valence-electron chi connectivity index (χ0n) is 5.78. The summed E-state index contributed by atoms with van der Waals surface area (Å²) < 4.78 is 0.348. The highest BCUT2D eigenvalue weighted by molar-refractivity contribution is 9.18. The van der Waals surface area contributed by atoms with Crippen molar-refractivity contribution in [3.63, 3.8) is 0 Å². The fourth-order valence-electron chi connectivity index (χ4n) is 0.917. The van der Waals surface area contributed by atoms with E-state index in [1.165, 1.54) is 0 Å². The number of fused-ring (bicyclic) bond motifs is 1. The van der Waals surface area contributed by atoms with Crippen LogP contribution in [-0.2, 0) is 4.79 Å². The number of nitrogens with zero attached hydrogens (tertiary/aromatic N) is 3. The molecule has 12 heavy (non-hydrogen) atoms. The minimum Gasteiger partial charge on any atom is -0.316 e. The maximum Gasteiger partial charge on any atom is 0.276 e. The molecule has 0 saturated heterocycles. The first-order valence-corrected chi connectivity index (χ1v) is 3.93. The number of aliphatic imine (C=N–C) groups is 3. The molecule has 1 atom stereocenters. The second-order valence-electron chi connectivity index (χ2n) is 2.21.